The quantitative estimate of drug-likeness (QED) is 0.479. The zero-order valence-corrected chi connectivity index (χ0v) is 15.5. The zero-order chi connectivity index (χ0) is 18.6. The van der Waals surface area contributed by atoms with E-state index in [0.29, 0.717) is 18.9 Å². The molecular weight excluding hydrogens is 320 g/mol. The Kier molecular flexibility index (Phi) is 5.82. The number of carbonyl (C=O) groups is 2. The van der Waals surface area contributed by atoms with Crippen molar-refractivity contribution in [2.45, 2.75) is 51.9 Å². The minimum atomic E-state index is -0.610. The highest BCUT2D eigenvalue weighted by Crippen LogP contribution is 2.23. The van der Waals surface area contributed by atoms with E-state index in [2.05, 4.69) is 4.99 Å². The molecule has 1 amide bonds. The first-order valence-electron chi connectivity index (χ1n) is 8.39. The van der Waals surface area contributed by atoms with E-state index < -0.39 is 17.7 Å². The molecule has 25 heavy (non-hydrogen) atoms. The van der Waals surface area contributed by atoms with Gasteiger partial charge in [0.2, 0.25) is 5.90 Å². The zero-order valence-electron chi connectivity index (χ0n) is 15.5. The first kappa shape index (κ1) is 19.0. The van der Waals surface area contributed by atoms with Gasteiger partial charge in [-0.1, -0.05) is 18.2 Å². The van der Waals surface area contributed by atoms with Crippen molar-refractivity contribution in [3.63, 3.8) is 0 Å². The molecule has 2 rings (SSSR count). The number of ether oxygens (including phenoxy) is 2. The third kappa shape index (κ3) is 4.81. The van der Waals surface area contributed by atoms with Crippen LogP contribution < -0.4 is 0 Å². The van der Waals surface area contributed by atoms with E-state index >= 15 is 0 Å². The van der Waals surface area contributed by atoms with E-state index in [1.54, 1.807) is 27.8 Å². The highest BCUT2D eigenvalue weighted by atomic mass is 16.6. The minimum absolute atomic E-state index is 0.295. The number of amides is 1. The number of benzene rings is 1. The summed E-state index contributed by atoms with van der Waals surface area (Å²) in [7, 11) is 1.67. The number of aryl methyl sites for hydroxylation is 1. The minimum Gasteiger partial charge on any atom is -0.472 e. The van der Waals surface area contributed by atoms with Gasteiger partial charge in [-0.2, -0.15) is 0 Å². The van der Waals surface area contributed by atoms with E-state index in [9.17, 15) is 9.59 Å². The van der Waals surface area contributed by atoms with Crippen LogP contribution in [0.25, 0.3) is 0 Å². The van der Waals surface area contributed by atoms with Gasteiger partial charge in [0.1, 0.15) is 18.0 Å². The summed E-state index contributed by atoms with van der Waals surface area (Å²) in [6.45, 7) is 7.67. The van der Waals surface area contributed by atoms with Crippen LogP contribution in [-0.4, -0.2) is 54.5 Å². The standard InChI is InChI=1S/C19H26N2O4/c1-13-8-6-7-9-16(13)17(20-5)24-15-10-14(12-22)21(11-15)18(23)25-19(2,3)4/h6-9,12,14-15H,10-11H2,1-5H3. The van der Waals surface area contributed by atoms with Crippen LogP contribution in [0.3, 0.4) is 0 Å². The van der Waals surface area contributed by atoms with Gasteiger partial charge in [-0.15, -0.1) is 0 Å². The summed E-state index contributed by atoms with van der Waals surface area (Å²) in [6.07, 6.45) is 0.389. The van der Waals surface area contributed by atoms with Gasteiger partial charge in [0.25, 0.3) is 0 Å². The first-order valence-corrected chi connectivity index (χ1v) is 8.39. The highest BCUT2D eigenvalue weighted by Gasteiger charge is 2.39. The van der Waals surface area contributed by atoms with Crippen molar-refractivity contribution in [1.29, 1.82) is 0 Å². The number of nitrogens with zero attached hydrogens (tertiary/aromatic N) is 2. The largest absolute Gasteiger partial charge is 0.472 e. The average molecular weight is 346 g/mol. The maximum Gasteiger partial charge on any atom is 0.411 e. The number of rotatable bonds is 3. The van der Waals surface area contributed by atoms with Crippen LogP contribution in [0.4, 0.5) is 4.79 Å². The summed E-state index contributed by atoms with van der Waals surface area (Å²) < 4.78 is 11.4. The molecule has 136 valence electrons. The lowest BCUT2D eigenvalue weighted by atomic mass is 10.1. The maximum absolute atomic E-state index is 12.3. The van der Waals surface area contributed by atoms with Gasteiger partial charge in [-0.05, 0) is 39.3 Å². The van der Waals surface area contributed by atoms with E-state index in [1.165, 1.54) is 4.90 Å². The number of hydrogen-bond donors (Lipinski definition) is 0. The number of aldehydes is 1. The predicted octanol–water partition coefficient (Wildman–Crippen LogP) is 2.96. The van der Waals surface area contributed by atoms with Crippen LogP contribution >= 0.6 is 0 Å². The van der Waals surface area contributed by atoms with Crippen molar-refractivity contribution in [1.82, 2.24) is 4.90 Å². The molecule has 0 aromatic heterocycles. The molecule has 1 aromatic rings. The molecule has 2 unspecified atom stereocenters. The SMILES string of the molecule is CN=C(OC1CC(C=O)N(C(=O)OC(C)(C)C)C1)c1ccccc1C. The lowest BCUT2D eigenvalue weighted by molar-refractivity contribution is -0.111. The summed E-state index contributed by atoms with van der Waals surface area (Å²) in [5, 5.41) is 0. The van der Waals surface area contributed by atoms with Gasteiger partial charge >= 0.3 is 6.09 Å². The normalized spacial score (nSPS) is 21.2. The lowest BCUT2D eigenvalue weighted by Crippen LogP contribution is -2.41. The third-order valence-electron chi connectivity index (χ3n) is 3.95. The summed E-state index contributed by atoms with van der Waals surface area (Å²) >= 11 is 0. The van der Waals surface area contributed by atoms with Gasteiger partial charge in [-0.25, -0.2) is 4.79 Å². The molecule has 1 aliphatic rings. The van der Waals surface area contributed by atoms with E-state index in [0.717, 1.165) is 17.4 Å². The molecule has 1 fully saturated rings. The Morgan fingerprint density at radius 3 is 2.56 bits per heavy atom. The Bertz CT molecular complexity index is 664. The van der Waals surface area contributed by atoms with Gasteiger partial charge in [0.15, 0.2) is 0 Å². The molecular formula is C19H26N2O4. The van der Waals surface area contributed by atoms with Crippen LogP contribution in [0.1, 0.15) is 38.3 Å². The number of hydrogen-bond acceptors (Lipinski definition) is 5. The van der Waals surface area contributed by atoms with Gasteiger partial charge in [0, 0.05) is 19.0 Å². The molecule has 6 nitrogen and oxygen atoms in total. The molecule has 0 radical (unpaired) electrons. The molecule has 1 aromatic carbocycles. The number of likely N-dealkylation sites (tertiary alicyclic amines) is 1. The van der Waals surface area contributed by atoms with Crippen molar-refractivity contribution < 1.29 is 19.1 Å². The van der Waals surface area contributed by atoms with Crippen molar-refractivity contribution in [3.8, 4) is 0 Å². The van der Waals surface area contributed by atoms with Gasteiger partial charge in [0.05, 0.1) is 12.6 Å². The van der Waals surface area contributed by atoms with Crippen molar-refractivity contribution in [2.75, 3.05) is 13.6 Å². The average Bonchev–Trinajstić information content (AvgIpc) is 2.95. The molecule has 0 N–H and O–H groups in total. The first-order chi connectivity index (χ1) is 11.7. The summed E-state index contributed by atoms with van der Waals surface area (Å²) in [5.74, 6) is 0.513. The van der Waals surface area contributed by atoms with Crippen molar-refractivity contribution >= 4 is 18.3 Å². The predicted molar refractivity (Wildman–Crippen MR) is 95.9 cm³/mol. The summed E-state index contributed by atoms with van der Waals surface area (Å²) in [5.41, 5.74) is 1.35. The fourth-order valence-electron chi connectivity index (χ4n) is 2.78. The molecule has 1 saturated heterocycles. The lowest BCUT2D eigenvalue weighted by Gasteiger charge is -2.26. The highest BCUT2D eigenvalue weighted by molar-refractivity contribution is 5.95. The van der Waals surface area contributed by atoms with Gasteiger partial charge < -0.3 is 14.3 Å². The second kappa shape index (κ2) is 7.68. The molecule has 1 heterocycles. The van der Waals surface area contributed by atoms with Crippen LogP contribution in [0, 0.1) is 6.92 Å². The Morgan fingerprint density at radius 2 is 2.00 bits per heavy atom. The molecule has 0 bridgehead atoms. The van der Waals surface area contributed by atoms with Crippen molar-refractivity contribution in [3.05, 3.63) is 35.4 Å². The Labute approximate surface area is 148 Å². The van der Waals surface area contributed by atoms with E-state index in [4.69, 9.17) is 9.47 Å². The smallest absolute Gasteiger partial charge is 0.411 e. The van der Waals surface area contributed by atoms with E-state index in [-0.39, 0.29) is 6.10 Å². The monoisotopic (exact) mass is 346 g/mol. The fourth-order valence-corrected chi connectivity index (χ4v) is 2.78. The maximum atomic E-state index is 12.3. The summed E-state index contributed by atoms with van der Waals surface area (Å²) in [6, 6.07) is 7.26. The fraction of sp³-hybridized carbons (Fsp3) is 0.526. The molecule has 0 saturated carbocycles. The molecule has 0 spiro atoms. The molecule has 0 aliphatic carbocycles. The van der Waals surface area contributed by atoms with Crippen LogP contribution in [0.15, 0.2) is 29.3 Å². The molecule has 1 aliphatic heterocycles. The number of aliphatic imine (C=N–C) groups is 1. The molecule has 6 heteroatoms. The van der Waals surface area contributed by atoms with E-state index in [1.807, 2.05) is 31.2 Å². The Hall–Kier alpha value is -2.37. The van der Waals surface area contributed by atoms with Crippen LogP contribution in [0.2, 0.25) is 0 Å². The van der Waals surface area contributed by atoms with Crippen molar-refractivity contribution in [2.24, 2.45) is 4.99 Å². The van der Waals surface area contributed by atoms with Crippen LogP contribution in [-0.2, 0) is 14.3 Å². The second-order valence-corrected chi connectivity index (χ2v) is 7.16. The van der Waals surface area contributed by atoms with Crippen LogP contribution in [0.5, 0.6) is 0 Å². The number of carbonyl (C=O) groups excluding carboxylic acids is 2. The topological polar surface area (TPSA) is 68.2 Å². The Morgan fingerprint density at radius 1 is 1.32 bits per heavy atom. The third-order valence-corrected chi connectivity index (χ3v) is 3.95. The second-order valence-electron chi connectivity index (χ2n) is 7.16. The van der Waals surface area contributed by atoms with Gasteiger partial charge in [-0.3, -0.25) is 9.89 Å². The Balaban J connectivity index is 2.10. The summed E-state index contributed by atoms with van der Waals surface area (Å²) in [4.78, 5) is 29.4. The molecule has 2 atom stereocenters.